The molecule has 0 aliphatic carbocycles. The number of nitrogens with one attached hydrogen (secondary N) is 3. The van der Waals surface area contributed by atoms with Crippen molar-refractivity contribution in [3.05, 3.63) is 0 Å². The zero-order valence-electron chi connectivity index (χ0n) is 39.8. The summed E-state index contributed by atoms with van der Waals surface area (Å²) in [6.07, 6.45) is -0.471. The minimum atomic E-state index is -4.46. The highest BCUT2D eigenvalue weighted by Gasteiger charge is 2.36. The highest BCUT2D eigenvalue weighted by Crippen LogP contribution is 2.54. The molecule has 4 unspecified atom stereocenters. The van der Waals surface area contributed by atoms with Crippen molar-refractivity contribution in [1.82, 2.24) is 16.0 Å². The Balaban J connectivity index is 5.47. The summed E-state index contributed by atoms with van der Waals surface area (Å²) in [6, 6.07) is -0.902. The van der Waals surface area contributed by atoms with E-state index in [-0.39, 0.29) is 72.4 Å². The number of phosphoric acid groups is 5. The standard InChI is InChI=1S/C33H70N3O27P5/c1-45-32(38)35-17-13-11-15-30(36-33(39)46-2)31(37)34-16-12-10-14-18-56-68(44,53-9)63-29(27-61-66(42,51-7)59-25-21-54-19-23-57-64(40,47-3)48-4)28-62-67(43,52-8)60-26-22-55-20-24-58-65(41,49-5)50-6/h29-30H,10-28H2,1-9H3,(H,34,37)(H,35,38)(H,36,39). The van der Waals surface area contributed by atoms with E-state index in [2.05, 4.69) is 43.5 Å². The number of carbonyl (C=O) groups excluding carboxylic acids is 3. The molecule has 0 spiro atoms. The van der Waals surface area contributed by atoms with Crippen molar-refractivity contribution in [3.63, 3.8) is 0 Å². The second-order valence-electron chi connectivity index (χ2n) is 12.7. The summed E-state index contributed by atoms with van der Waals surface area (Å²) in [6.45, 7) is -2.71. The molecule has 35 heteroatoms. The normalized spacial score (nSPS) is 15.6. The molecule has 0 bridgehead atoms. The molecule has 0 aromatic rings. The predicted octanol–water partition coefficient (Wildman–Crippen LogP) is 5.12. The molecule has 0 fully saturated rings. The van der Waals surface area contributed by atoms with Crippen LogP contribution >= 0.6 is 39.1 Å². The third kappa shape index (κ3) is 31.0. The van der Waals surface area contributed by atoms with Crippen molar-refractivity contribution in [2.24, 2.45) is 0 Å². The number of alkyl carbamates (subject to hydrolysis) is 2. The Morgan fingerprint density at radius 2 is 0.809 bits per heavy atom. The molecule has 0 aromatic heterocycles. The second kappa shape index (κ2) is 38.1. The van der Waals surface area contributed by atoms with Gasteiger partial charge in [-0.3, -0.25) is 72.7 Å². The second-order valence-corrected chi connectivity index (χ2v) is 21.7. The maximum absolute atomic E-state index is 13.6. The molecule has 0 saturated carbocycles. The molecule has 0 aliphatic heterocycles. The molecule has 68 heavy (non-hydrogen) atoms. The van der Waals surface area contributed by atoms with Crippen LogP contribution in [-0.2, 0) is 114 Å². The van der Waals surface area contributed by atoms with E-state index in [9.17, 15) is 37.2 Å². The number of hydrogen-bond acceptors (Lipinski definition) is 27. The minimum absolute atomic E-state index is 0.0831. The van der Waals surface area contributed by atoms with E-state index in [1.54, 1.807) is 0 Å². The van der Waals surface area contributed by atoms with Crippen molar-refractivity contribution >= 4 is 57.2 Å². The van der Waals surface area contributed by atoms with Crippen LogP contribution in [0.3, 0.4) is 0 Å². The molecule has 0 heterocycles. The number of carbonyl (C=O) groups is 3. The van der Waals surface area contributed by atoms with Crippen LogP contribution in [0.5, 0.6) is 0 Å². The third-order valence-electron chi connectivity index (χ3n) is 8.13. The molecule has 30 nitrogen and oxygen atoms in total. The number of phosphoric ester groups is 5. The Labute approximate surface area is 396 Å². The van der Waals surface area contributed by atoms with Crippen LogP contribution in [0.4, 0.5) is 9.59 Å². The minimum Gasteiger partial charge on any atom is -0.453 e. The van der Waals surface area contributed by atoms with E-state index >= 15 is 0 Å². The predicted molar refractivity (Wildman–Crippen MR) is 236 cm³/mol. The summed E-state index contributed by atoms with van der Waals surface area (Å²) >= 11 is 0. The Bertz CT molecular complexity index is 1550. The van der Waals surface area contributed by atoms with Crippen molar-refractivity contribution in [2.75, 3.05) is 150 Å². The van der Waals surface area contributed by atoms with Gasteiger partial charge in [0.15, 0.2) is 0 Å². The summed E-state index contributed by atoms with van der Waals surface area (Å²) in [5.41, 5.74) is 0. The lowest BCUT2D eigenvalue weighted by Crippen LogP contribution is -2.47. The average Bonchev–Trinajstić information content (AvgIpc) is 3.35. The maximum atomic E-state index is 13.6. The average molecular weight is 1100 g/mol. The van der Waals surface area contributed by atoms with Crippen LogP contribution in [0.25, 0.3) is 0 Å². The van der Waals surface area contributed by atoms with Crippen LogP contribution < -0.4 is 16.0 Å². The SMILES string of the molecule is COC(=O)NCCCCC(NC(=O)OC)C(=O)NCCCCCOP(=O)(OC)OC(COP(=O)(OC)OCCOCCOP(=O)(OC)OC)COP(=O)(OC)OCCOCCOP(=O)(OC)OC. The topological polar surface area (TPSA) is 348 Å². The van der Waals surface area contributed by atoms with Gasteiger partial charge in [0, 0.05) is 62.9 Å². The molecule has 0 saturated heterocycles. The summed E-state index contributed by atoms with van der Waals surface area (Å²) in [4.78, 5) is 35.9. The summed E-state index contributed by atoms with van der Waals surface area (Å²) < 4.78 is 160. The molecule has 0 rings (SSSR count). The van der Waals surface area contributed by atoms with Crippen molar-refractivity contribution in [1.29, 1.82) is 0 Å². The van der Waals surface area contributed by atoms with E-state index in [0.717, 1.165) is 56.9 Å². The molecule has 3 amide bonds. The number of rotatable bonds is 45. The first kappa shape index (κ1) is 66.5. The Morgan fingerprint density at radius 3 is 1.24 bits per heavy atom. The fraction of sp³-hybridized carbons (Fsp3) is 0.909. The van der Waals surface area contributed by atoms with E-state index in [1.165, 1.54) is 7.11 Å². The quantitative estimate of drug-likeness (QED) is 0.0526. The molecule has 0 radical (unpaired) electrons. The van der Waals surface area contributed by atoms with Crippen LogP contribution in [0, 0.1) is 0 Å². The molecule has 0 aromatic carbocycles. The van der Waals surface area contributed by atoms with Gasteiger partial charge in [0.05, 0.1) is 86.9 Å². The fourth-order valence-corrected chi connectivity index (χ4v) is 8.84. The molecule has 3 N–H and O–H groups in total. The highest BCUT2D eigenvalue weighted by molar-refractivity contribution is 7.49. The van der Waals surface area contributed by atoms with Crippen molar-refractivity contribution in [2.45, 2.75) is 50.7 Å². The van der Waals surface area contributed by atoms with Gasteiger partial charge in [-0.05, 0) is 38.5 Å². The molecule has 4 atom stereocenters. The van der Waals surface area contributed by atoms with Crippen LogP contribution in [0.2, 0.25) is 0 Å². The largest absolute Gasteiger partial charge is 0.474 e. The lowest BCUT2D eigenvalue weighted by atomic mass is 10.1. The van der Waals surface area contributed by atoms with Crippen LogP contribution in [0.15, 0.2) is 0 Å². The molecule has 0 aliphatic rings. The van der Waals surface area contributed by atoms with Gasteiger partial charge in [0.25, 0.3) is 0 Å². The first-order chi connectivity index (χ1) is 32.3. The third-order valence-corrected chi connectivity index (χ3v) is 15.2. The monoisotopic (exact) mass is 1100 g/mol. The summed E-state index contributed by atoms with van der Waals surface area (Å²) in [5.74, 6) is -0.455. The van der Waals surface area contributed by atoms with Crippen molar-refractivity contribution < 1.29 is 124 Å². The highest BCUT2D eigenvalue weighted by atomic mass is 31.2. The number of methoxy groups -OCH3 is 2. The van der Waals surface area contributed by atoms with Gasteiger partial charge >= 0.3 is 51.3 Å². The first-order valence-electron chi connectivity index (χ1n) is 20.5. The number of amides is 3. The van der Waals surface area contributed by atoms with E-state index in [4.69, 9.17) is 59.2 Å². The zero-order valence-corrected chi connectivity index (χ0v) is 44.3. The lowest BCUT2D eigenvalue weighted by Gasteiger charge is -2.25. The van der Waals surface area contributed by atoms with E-state index < -0.39 is 82.6 Å². The Hall–Kier alpha value is -1.52. The molecular formula is C33H70N3O27P5. The van der Waals surface area contributed by atoms with E-state index in [0.29, 0.717) is 38.6 Å². The van der Waals surface area contributed by atoms with Crippen molar-refractivity contribution in [3.8, 4) is 0 Å². The maximum Gasteiger partial charge on any atom is 0.474 e. The van der Waals surface area contributed by atoms with Gasteiger partial charge in [-0.25, -0.2) is 32.4 Å². The smallest absolute Gasteiger partial charge is 0.453 e. The first-order valence-corrected chi connectivity index (χ1v) is 27.8. The number of hydrogen-bond donors (Lipinski definition) is 3. The number of unbranched alkanes of at least 4 members (excludes halogenated alkanes) is 3. The van der Waals surface area contributed by atoms with Gasteiger partial charge in [-0.1, -0.05) is 0 Å². The van der Waals surface area contributed by atoms with Crippen LogP contribution in [0.1, 0.15) is 38.5 Å². The lowest BCUT2D eigenvalue weighted by molar-refractivity contribution is -0.123. The van der Waals surface area contributed by atoms with Gasteiger partial charge in [-0.2, -0.15) is 0 Å². The summed E-state index contributed by atoms with van der Waals surface area (Å²) in [7, 11) is -10.6. The van der Waals surface area contributed by atoms with E-state index in [1.807, 2.05) is 0 Å². The zero-order chi connectivity index (χ0) is 51.4. The number of ether oxygens (including phenoxy) is 4. The van der Waals surface area contributed by atoms with Crippen LogP contribution in [-0.4, -0.2) is 180 Å². The fourth-order valence-electron chi connectivity index (χ4n) is 4.57. The van der Waals surface area contributed by atoms with Gasteiger partial charge in [0.2, 0.25) is 5.91 Å². The summed E-state index contributed by atoms with van der Waals surface area (Å²) in [5, 5.41) is 7.74. The van der Waals surface area contributed by atoms with Gasteiger partial charge in [0.1, 0.15) is 12.1 Å². The van der Waals surface area contributed by atoms with Gasteiger partial charge < -0.3 is 34.9 Å². The van der Waals surface area contributed by atoms with Gasteiger partial charge in [-0.15, -0.1) is 0 Å². The Morgan fingerprint density at radius 1 is 0.412 bits per heavy atom. The molecular weight excluding hydrogens is 1030 g/mol. The Kier molecular flexibility index (Phi) is 37.3. The molecule has 404 valence electrons.